The molecule has 2 fully saturated rings. The smallest absolute Gasteiger partial charge is 0.317 e. The Kier molecular flexibility index (Phi) is 4.38. The van der Waals surface area contributed by atoms with Crippen LogP contribution >= 0.6 is 11.6 Å². The van der Waals surface area contributed by atoms with Gasteiger partial charge in [0.25, 0.3) is 0 Å². The number of amides is 2. The van der Waals surface area contributed by atoms with Crippen LogP contribution in [0.2, 0.25) is 5.15 Å². The van der Waals surface area contributed by atoms with E-state index in [0.29, 0.717) is 5.15 Å². The van der Waals surface area contributed by atoms with Crippen LogP contribution in [0.5, 0.6) is 0 Å². The van der Waals surface area contributed by atoms with E-state index in [9.17, 15) is 4.79 Å². The second-order valence-electron chi connectivity index (χ2n) is 5.90. The average molecular weight is 324 g/mol. The largest absolute Gasteiger partial charge is 0.354 e. The minimum absolute atomic E-state index is 0.0542. The fourth-order valence-corrected chi connectivity index (χ4v) is 3.40. The van der Waals surface area contributed by atoms with Crippen LogP contribution in [-0.2, 0) is 6.42 Å². The van der Waals surface area contributed by atoms with E-state index in [2.05, 4.69) is 20.2 Å². The summed E-state index contributed by atoms with van der Waals surface area (Å²) in [5, 5.41) is 3.41. The third-order valence-electron chi connectivity index (χ3n) is 4.45. The average Bonchev–Trinajstić information content (AvgIpc) is 2.96. The number of anilines is 1. The number of nitrogens with zero attached hydrogens (tertiary/aromatic N) is 4. The fraction of sp³-hybridized carbons (Fsp3) is 0.667. The summed E-state index contributed by atoms with van der Waals surface area (Å²) in [5.41, 5.74) is 0.922. The van der Waals surface area contributed by atoms with Crippen molar-refractivity contribution in [1.29, 1.82) is 0 Å². The number of rotatable bonds is 3. The molecule has 2 amide bonds. The molecule has 7 heteroatoms. The lowest BCUT2D eigenvalue weighted by Gasteiger charge is -2.38. The molecule has 0 aliphatic carbocycles. The monoisotopic (exact) mass is 323 g/mol. The Labute approximate surface area is 135 Å². The van der Waals surface area contributed by atoms with Crippen LogP contribution in [0.15, 0.2) is 0 Å². The summed E-state index contributed by atoms with van der Waals surface area (Å²) in [6, 6.07) is 0.299. The molecule has 2 saturated heterocycles. The summed E-state index contributed by atoms with van der Waals surface area (Å²) < 4.78 is 0. The minimum Gasteiger partial charge on any atom is -0.354 e. The Bertz CT molecular complexity index is 579. The number of carbonyl (C=O) groups excluding carboxylic acids is 1. The zero-order chi connectivity index (χ0) is 15.7. The van der Waals surface area contributed by atoms with Gasteiger partial charge in [0.2, 0.25) is 0 Å². The van der Waals surface area contributed by atoms with Crippen LogP contribution in [0, 0.1) is 6.92 Å². The van der Waals surface area contributed by atoms with E-state index in [1.54, 1.807) is 0 Å². The summed E-state index contributed by atoms with van der Waals surface area (Å²) in [7, 11) is 0. The number of aromatic nitrogens is 2. The molecule has 0 aromatic carbocycles. The Morgan fingerprint density at radius 2 is 2.18 bits per heavy atom. The normalized spacial score (nSPS) is 22.1. The molecule has 1 aromatic heterocycles. The van der Waals surface area contributed by atoms with E-state index in [4.69, 9.17) is 11.6 Å². The SMILES string of the molecule is CCc1nc(Cl)c(C)c(N2CCC[C@@H](N3CCNC3=O)C2)n1. The summed E-state index contributed by atoms with van der Waals surface area (Å²) in [6.45, 7) is 7.28. The number of hydrogen-bond donors (Lipinski definition) is 1. The van der Waals surface area contributed by atoms with E-state index >= 15 is 0 Å². The van der Waals surface area contributed by atoms with Gasteiger partial charge < -0.3 is 15.1 Å². The fourth-order valence-electron chi connectivity index (χ4n) is 3.22. The molecule has 0 saturated carbocycles. The van der Waals surface area contributed by atoms with Crippen molar-refractivity contribution in [3.63, 3.8) is 0 Å². The van der Waals surface area contributed by atoms with Gasteiger partial charge in [-0.2, -0.15) is 0 Å². The molecular weight excluding hydrogens is 302 g/mol. The van der Waals surface area contributed by atoms with Crippen molar-refractivity contribution in [2.24, 2.45) is 0 Å². The summed E-state index contributed by atoms with van der Waals surface area (Å²) >= 11 is 6.25. The molecule has 22 heavy (non-hydrogen) atoms. The third kappa shape index (κ3) is 2.84. The van der Waals surface area contributed by atoms with Crippen LogP contribution in [0.4, 0.5) is 10.6 Å². The van der Waals surface area contributed by atoms with Crippen LogP contribution in [-0.4, -0.2) is 53.1 Å². The molecule has 0 spiro atoms. The van der Waals surface area contributed by atoms with Crippen molar-refractivity contribution in [2.45, 2.75) is 39.2 Å². The van der Waals surface area contributed by atoms with E-state index in [-0.39, 0.29) is 12.1 Å². The van der Waals surface area contributed by atoms with Crippen LogP contribution in [0.25, 0.3) is 0 Å². The van der Waals surface area contributed by atoms with Gasteiger partial charge in [-0.15, -0.1) is 0 Å². The van der Waals surface area contributed by atoms with Gasteiger partial charge in [0.05, 0.1) is 6.04 Å². The summed E-state index contributed by atoms with van der Waals surface area (Å²) in [6.07, 6.45) is 2.86. The molecule has 1 N–H and O–H groups in total. The highest BCUT2D eigenvalue weighted by Crippen LogP contribution is 2.27. The predicted octanol–water partition coefficient (Wildman–Crippen LogP) is 1.99. The van der Waals surface area contributed by atoms with E-state index < -0.39 is 0 Å². The first-order chi connectivity index (χ1) is 10.6. The number of piperidine rings is 1. The molecule has 3 rings (SSSR count). The highest BCUT2D eigenvalue weighted by atomic mass is 35.5. The van der Waals surface area contributed by atoms with Crippen molar-refractivity contribution in [2.75, 3.05) is 31.1 Å². The van der Waals surface area contributed by atoms with Gasteiger partial charge in [-0.3, -0.25) is 0 Å². The Hall–Kier alpha value is -1.56. The van der Waals surface area contributed by atoms with Gasteiger partial charge in [-0.25, -0.2) is 14.8 Å². The number of nitrogens with one attached hydrogen (secondary N) is 1. The molecule has 0 unspecified atom stereocenters. The molecule has 2 aliphatic rings. The summed E-state index contributed by atoms with van der Waals surface area (Å²) in [4.78, 5) is 25.1. The van der Waals surface area contributed by atoms with Crippen LogP contribution in [0.3, 0.4) is 0 Å². The first kappa shape index (κ1) is 15.3. The molecule has 0 radical (unpaired) electrons. The van der Waals surface area contributed by atoms with Crippen molar-refractivity contribution in [1.82, 2.24) is 20.2 Å². The van der Waals surface area contributed by atoms with Crippen molar-refractivity contribution in [3.05, 3.63) is 16.5 Å². The predicted molar refractivity (Wildman–Crippen MR) is 86.5 cm³/mol. The number of carbonyl (C=O) groups is 1. The Balaban J connectivity index is 1.82. The highest BCUT2D eigenvalue weighted by molar-refractivity contribution is 6.30. The molecule has 1 atom stereocenters. The molecular formula is C15H22ClN5O. The molecule has 120 valence electrons. The number of aryl methyl sites for hydroxylation is 1. The second-order valence-corrected chi connectivity index (χ2v) is 6.26. The van der Waals surface area contributed by atoms with Crippen molar-refractivity contribution < 1.29 is 4.79 Å². The number of urea groups is 1. The maximum Gasteiger partial charge on any atom is 0.317 e. The van der Waals surface area contributed by atoms with Gasteiger partial charge in [0, 0.05) is 38.2 Å². The van der Waals surface area contributed by atoms with Gasteiger partial charge in [-0.05, 0) is 19.8 Å². The zero-order valence-corrected chi connectivity index (χ0v) is 13.9. The molecule has 3 heterocycles. The van der Waals surface area contributed by atoms with Gasteiger partial charge in [-0.1, -0.05) is 18.5 Å². The van der Waals surface area contributed by atoms with Crippen LogP contribution < -0.4 is 10.2 Å². The zero-order valence-electron chi connectivity index (χ0n) is 13.1. The lowest BCUT2D eigenvalue weighted by Crippen LogP contribution is -2.49. The maximum atomic E-state index is 11.9. The first-order valence-corrected chi connectivity index (χ1v) is 8.30. The van der Waals surface area contributed by atoms with Crippen molar-refractivity contribution in [3.8, 4) is 0 Å². The number of hydrogen-bond acceptors (Lipinski definition) is 4. The van der Waals surface area contributed by atoms with Crippen LogP contribution in [0.1, 0.15) is 31.2 Å². The molecule has 0 bridgehead atoms. The molecule has 1 aromatic rings. The third-order valence-corrected chi connectivity index (χ3v) is 4.82. The topological polar surface area (TPSA) is 61.4 Å². The van der Waals surface area contributed by atoms with Gasteiger partial charge >= 0.3 is 6.03 Å². The van der Waals surface area contributed by atoms with Gasteiger partial charge in [0.1, 0.15) is 16.8 Å². The minimum atomic E-state index is 0.0542. The number of halogens is 1. The molecule has 2 aliphatic heterocycles. The van der Waals surface area contributed by atoms with Crippen molar-refractivity contribution >= 4 is 23.4 Å². The maximum absolute atomic E-state index is 11.9. The van der Waals surface area contributed by atoms with E-state index in [1.807, 2.05) is 18.7 Å². The van der Waals surface area contributed by atoms with E-state index in [1.165, 1.54) is 0 Å². The Morgan fingerprint density at radius 3 is 2.86 bits per heavy atom. The lowest BCUT2D eigenvalue weighted by molar-refractivity contribution is 0.189. The van der Waals surface area contributed by atoms with E-state index in [0.717, 1.165) is 62.6 Å². The second kappa shape index (κ2) is 6.28. The lowest BCUT2D eigenvalue weighted by atomic mass is 10.0. The standard InChI is InChI=1S/C15H22ClN5O/c1-3-12-18-13(16)10(2)14(19-12)20-7-4-5-11(9-20)21-8-6-17-15(21)22/h11H,3-9H2,1-2H3,(H,17,22)/t11-/m1/s1. The highest BCUT2D eigenvalue weighted by Gasteiger charge is 2.32. The Morgan fingerprint density at radius 1 is 1.36 bits per heavy atom. The summed E-state index contributed by atoms with van der Waals surface area (Å²) in [5.74, 6) is 1.69. The van der Waals surface area contributed by atoms with Gasteiger partial charge in [0.15, 0.2) is 0 Å². The molecule has 6 nitrogen and oxygen atoms in total. The first-order valence-electron chi connectivity index (χ1n) is 7.92. The quantitative estimate of drug-likeness (QED) is 0.864.